The van der Waals surface area contributed by atoms with Crippen molar-refractivity contribution in [2.24, 2.45) is 5.92 Å². The number of aliphatic hydroxyl groups is 1. The molecule has 126 valence electrons. The smallest absolute Gasteiger partial charge is 0.224 e. The van der Waals surface area contributed by atoms with Gasteiger partial charge in [-0.2, -0.15) is 0 Å². The van der Waals surface area contributed by atoms with Crippen LogP contribution in [-0.2, 0) is 11.4 Å². The molecule has 3 heteroatoms. The number of rotatable bonds is 5. The van der Waals surface area contributed by atoms with Gasteiger partial charge in [-0.05, 0) is 60.8 Å². The molecule has 0 unspecified atom stereocenters. The maximum Gasteiger partial charge on any atom is 0.224 e. The van der Waals surface area contributed by atoms with Crippen molar-refractivity contribution in [2.75, 3.05) is 5.32 Å². The van der Waals surface area contributed by atoms with Crippen LogP contribution in [0.15, 0.2) is 54.6 Å². The maximum atomic E-state index is 12.2. The molecule has 0 aliphatic heterocycles. The number of carbonyl (C=O) groups is 1. The van der Waals surface area contributed by atoms with Gasteiger partial charge in [0.2, 0.25) is 5.91 Å². The molecule has 0 spiro atoms. The van der Waals surface area contributed by atoms with E-state index in [4.69, 9.17) is 5.11 Å². The van der Waals surface area contributed by atoms with E-state index in [1.54, 1.807) is 0 Å². The monoisotopic (exact) mass is 323 g/mol. The van der Waals surface area contributed by atoms with E-state index in [0.29, 0.717) is 18.3 Å². The van der Waals surface area contributed by atoms with Crippen molar-refractivity contribution in [3.8, 4) is 0 Å². The molecule has 1 aliphatic rings. The average Bonchev–Trinajstić information content (AvgIpc) is 2.64. The Morgan fingerprint density at radius 2 is 1.62 bits per heavy atom. The summed E-state index contributed by atoms with van der Waals surface area (Å²) >= 11 is 0. The number of benzene rings is 2. The van der Waals surface area contributed by atoms with E-state index in [-0.39, 0.29) is 12.5 Å². The van der Waals surface area contributed by atoms with Crippen LogP contribution in [0.25, 0.3) is 0 Å². The summed E-state index contributed by atoms with van der Waals surface area (Å²) in [4.78, 5) is 12.2. The first-order chi connectivity index (χ1) is 11.7. The fourth-order valence-corrected chi connectivity index (χ4v) is 3.59. The van der Waals surface area contributed by atoms with Crippen molar-refractivity contribution >= 4 is 11.6 Å². The first-order valence-electron chi connectivity index (χ1n) is 8.79. The highest BCUT2D eigenvalue weighted by Crippen LogP contribution is 2.37. The first-order valence-corrected chi connectivity index (χ1v) is 8.79. The number of aliphatic hydroxyl groups excluding tert-OH is 1. The van der Waals surface area contributed by atoms with Crippen LogP contribution in [0.1, 0.15) is 49.1 Å². The van der Waals surface area contributed by atoms with Crippen LogP contribution in [-0.4, -0.2) is 11.0 Å². The molecule has 0 radical (unpaired) electrons. The largest absolute Gasteiger partial charge is 0.392 e. The van der Waals surface area contributed by atoms with Gasteiger partial charge in [0, 0.05) is 12.1 Å². The number of nitrogens with one attached hydrogen (secondary N) is 1. The molecule has 0 atom stereocenters. The lowest BCUT2D eigenvalue weighted by Crippen LogP contribution is -2.20. The second-order valence-corrected chi connectivity index (χ2v) is 6.74. The van der Waals surface area contributed by atoms with Crippen LogP contribution >= 0.6 is 0 Å². The number of hydrogen-bond donors (Lipinski definition) is 2. The van der Waals surface area contributed by atoms with Crippen molar-refractivity contribution < 1.29 is 9.90 Å². The van der Waals surface area contributed by atoms with Gasteiger partial charge in [-0.25, -0.2) is 0 Å². The quantitative estimate of drug-likeness (QED) is 0.852. The van der Waals surface area contributed by atoms with Crippen molar-refractivity contribution in [1.29, 1.82) is 0 Å². The lowest BCUT2D eigenvalue weighted by molar-refractivity contribution is -0.117. The van der Waals surface area contributed by atoms with Crippen LogP contribution in [0, 0.1) is 5.92 Å². The molecule has 1 amide bonds. The lowest BCUT2D eigenvalue weighted by Gasteiger charge is -2.28. The molecule has 1 saturated carbocycles. The lowest BCUT2D eigenvalue weighted by atomic mass is 9.77. The van der Waals surface area contributed by atoms with Gasteiger partial charge in [-0.15, -0.1) is 0 Å². The number of hydrogen-bond acceptors (Lipinski definition) is 2. The number of anilines is 1. The zero-order valence-electron chi connectivity index (χ0n) is 13.9. The van der Waals surface area contributed by atoms with E-state index < -0.39 is 0 Å². The Kier molecular flexibility index (Phi) is 5.65. The molecular formula is C21H25NO2. The average molecular weight is 323 g/mol. The molecule has 1 fully saturated rings. The van der Waals surface area contributed by atoms with Crippen LogP contribution in [0.4, 0.5) is 5.69 Å². The molecule has 1 aliphatic carbocycles. The molecule has 24 heavy (non-hydrogen) atoms. The van der Waals surface area contributed by atoms with Gasteiger partial charge in [-0.1, -0.05) is 42.5 Å². The minimum absolute atomic E-state index is 0.0267. The SMILES string of the molecule is O=C(C[C@H]1CC[C@H](c2ccccc2)CC1)Nc1ccc(CO)cc1. The van der Waals surface area contributed by atoms with E-state index in [2.05, 4.69) is 35.6 Å². The van der Waals surface area contributed by atoms with E-state index in [1.807, 2.05) is 24.3 Å². The fraction of sp³-hybridized carbons (Fsp3) is 0.381. The minimum atomic E-state index is 0.0267. The van der Waals surface area contributed by atoms with Gasteiger partial charge in [0.15, 0.2) is 0 Å². The van der Waals surface area contributed by atoms with E-state index in [1.165, 1.54) is 18.4 Å². The molecule has 2 N–H and O–H groups in total. The molecule has 3 rings (SSSR count). The molecule has 0 saturated heterocycles. The predicted molar refractivity (Wildman–Crippen MR) is 96.8 cm³/mol. The zero-order valence-corrected chi connectivity index (χ0v) is 13.9. The number of amides is 1. The van der Waals surface area contributed by atoms with Gasteiger partial charge in [0.05, 0.1) is 6.61 Å². The van der Waals surface area contributed by atoms with Crippen LogP contribution < -0.4 is 5.32 Å². The van der Waals surface area contributed by atoms with E-state index in [9.17, 15) is 4.79 Å². The Morgan fingerprint density at radius 3 is 2.25 bits per heavy atom. The van der Waals surface area contributed by atoms with Crippen LogP contribution in [0.5, 0.6) is 0 Å². The van der Waals surface area contributed by atoms with Gasteiger partial charge in [0.1, 0.15) is 0 Å². The maximum absolute atomic E-state index is 12.2. The summed E-state index contributed by atoms with van der Waals surface area (Å²) in [6.45, 7) is 0.0267. The summed E-state index contributed by atoms with van der Waals surface area (Å²) in [6, 6.07) is 18.1. The Hall–Kier alpha value is -2.13. The summed E-state index contributed by atoms with van der Waals surface area (Å²) in [6.07, 6.45) is 5.19. The molecule has 3 nitrogen and oxygen atoms in total. The summed E-state index contributed by atoms with van der Waals surface area (Å²) in [5.74, 6) is 1.23. The number of carbonyl (C=O) groups excluding carboxylic acids is 1. The van der Waals surface area contributed by atoms with Crippen LogP contribution in [0.2, 0.25) is 0 Å². The Bertz CT molecular complexity index is 643. The van der Waals surface area contributed by atoms with Crippen molar-refractivity contribution in [3.05, 3.63) is 65.7 Å². The zero-order chi connectivity index (χ0) is 16.8. The van der Waals surface area contributed by atoms with Gasteiger partial charge >= 0.3 is 0 Å². The normalized spacial score (nSPS) is 20.5. The highest BCUT2D eigenvalue weighted by Gasteiger charge is 2.23. The second-order valence-electron chi connectivity index (χ2n) is 6.74. The summed E-state index contributed by atoms with van der Waals surface area (Å²) in [5.41, 5.74) is 3.09. The van der Waals surface area contributed by atoms with Gasteiger partial charge < -0.3 is 10.4 Å². The highest BCUT2D eigenvalue weighted by atomic mass is 16.3. The third-order valence-corrected chi connectivity index (χ3v) is 5.01. The van der Waals surface area contributed by atoms with Gasteiger partial charge in [-0.3, -0.25) is 4.79 Å². The molecule has 2 aromatic carbocycles. The van der Waals surface area contributed by atoms with Crippen molar-refractivity contribution in [1.82, 2.24) is 0 Å². The highest BCUT2D eigenvalue weighted by molar-refractivity contribution is 5.90. The Morgan fingerprint density at radius 1 is 0.958 bits per heavy atom. The Labute approximate surface area is 143 Å². The second kappa shape index (κ2) is 8.11. The third kappa shape index (κ3) is 4.45. The first kappa shape index (κ1) is 16.7. The van der Waals surface area contributed by atoms with Gasteiger partial charge in [0.25, 0.3) is 0 Å². The molecule has 0 heterocycles. The topological polar surface area (TPSA) is 49.3 Å². The molecule has 2 aromatic rings. The van der Waals surface area contributed by atoms with E-state index >= 15 is 0 Å². The Balaban J connectivity index is 1.46. The van der Waals surface area contributed by atoms with Crippen molar-refractivity contribution in [2.45, 2.75) is 44.6 Å². The van der Waals surface area contributed by atoms with Crippen LogP contribution in [0.3, 0.4) is 0 Å². The predicted octanol–water partition coefficient (Wildman–Crippen LogP) is 4.48. The van der Waals surface area contributed by atoms with Crippen molar-refractivity contribution in [3.63, 3.8) is 0 Å². The third-order valence-electron chi connectivity index (χ3n) is 5.01. The standard InChI is InChI=1S/C21H25NO2/c23-15-17-8-12-20(13-9-17)22-21(24)14-16-6-10-19(11-7-16)18-4-2-1-3-5-18/h1-5,8-9,12-13,16,19,23H,6-7,10-11,14-15H2,(H,22,24)/t16-,19-. The summed E-state index contributed by atoms with van der Waals surface area (Å²) in [7, 11) is 0. The minimum Gasteiger partial charge on any atom is -0.392 e. The molecule has 0 aromatic heterocycles. The summed E-state index contributed by atoms with van der Waals surface area (Å²) < 4.78 is 0. The summed E-state index contributed by atoms with van der Waals surface area (Å²) in [5, 5.41) is 12.0. The fourth-order valence-electron chi connectivity index (χ4n) is 3.59. The van der Waals surface area contributed by atoms with E-state index in [0.717, 1.165) is 24.1 Å². The molecule has 0 bridgehead atoms. The molecular weight excluding hydrogens is 298 g/mol.